The van der Waals surface area contributed by atoms with Crippen molar-refractivity contribution in [1.82, 2.24) is 5.32 Å². The fourth-order valence-corrected chi connectivity index (χ4v) is 1.24. The van der Waals surface area contributed by atoms with Crippen molar-refractivity contribution in [3.05, 3.63) is 42.1 Å². The van der Waals surface area contributed by atoms with E-state index in [1.165, 1.54) is 6.20 Å². The van der Waals surface area contributed by atoms with Crippen molar-refractivity contribution in [3.63, 3.8) is 0 Å². The number of amides is 1. The van der Waals surface area contributed by atoms with Crippen molar-refractivity contribution in [2.45, 2.75) is 26.3 Å². The Hall–Kier alpha value is -2.28. The summed E-state index contributed by atoms with van der Waals surface area (Å²) in [5.41, 5.74) is 0.903. The van der Waals surface area contributed by atoms with Gasteiger partial charge >= 0.3 is 0 Å². The number of carbonyl (C=O) groups excluding carboxylic acids is 1. The number of anilines is 1. The van der Waals surface area contributed by atoms with Crippen molar-refractivity contribution in [2.24, 2.45) is 0 Å². The predicted octanol–water partition coefficient (Wildman–Crippen LogP) is 2.42. The number of carbonyl (C=O) groups is 1. The first kappa shape index (κ1) is 13.8. The molecule has 0 saturated carbocycles. The van der Waals surface area contributed by atoms with Crippen LogP contribution in [0.2, 0.25) is 0 Å². The Kier molecular flexibility index (Phi) is 5.46. The molecule has 1 atom stereocenters. The quantitative estimate of drug-likeness (QED) is 0.616. The van der Waals surface area contributed by atoms with Crippen LogP contribution in [0, 0.1) is 11.3 Å². The molecular formula is C14H17N3O. The van der Waals surface area contributed by atoms with Crippen LogP contribution in [-0.2, 0) is 4.79 Å². The normalized spacial score (nSPS) is 12.4. The zero-order valence-corrected chi connectivity index (χ0v) is 10.6. The van der Waals surface area contributed by atoms with E-state index in [0.29, 0.717) is 0 Å². The topological polar surface area (TPSA) is 64.9 Å². The maximum Gasteiger partial charge on any atom is 0.263 e. The summed E-state index contributed by atoms with van der Waals surface area (Å²) >= 11 is 0. The van der Waals surface area contributed by atoms with Crippen LogP contribution < -0.4 is 10.6 Å². The van der Waals surface area contributed by atoms with Crippen molar-refractivity contribution in [1.29, 1.82) is 5.26 Å². The van der Waals surface area contributed by atoms with Crippen molar-refractivity contribution >= 4 is 11.6 Å². The highest BCUT2D eigenvalue weighted by atomic mass is 16.1. The van der Waals surface area contributed by atoms with Crippen LogP contribution in [0.1, 0.15) is 20.3 Å². The van der Waals surface area contributed by atoms with Crippen LogP contribution in [0.15, 0.2) is 42.1 Å². The van der Waals surface area contributed by atoms with Gasteiger partial charge in [0.15, 0.2) is 0 Å². The third-order valence-electron chi connectivity index (χ3n) is 2.51. The van der Waals surface area contributed by atoms with Gasteiger partial charge in [-0.1, -0.05) is 25.1 Å². The molecular weight excluding hydrogens is 226 g/mol. The molecule has 1 amide bonds. The zero-order valence-electron chi connectivity index (χ0n) is 10.6. The average molecular weight is 243 g/mol. The van der Waals surface area contributed by atoms with Gasteiger partial charge in [0.1, 0.15) is 11.6 Å². The highest BCUT2D eigenvalue weighted by Gasteiger charge is 2.10. The van der Waals surface area contributed by atoms with Gasteiger partial charge in [-0.15, -0.1) is 0 Å². The Bertz CT molecular complexity index is 460. The monoisotopic (exact) mass is 243 g/mol. The molecule has 0 saturated heterocycles. The molecule has 1 aromatic rings. The first-order valence-corrected chi connectivity index (χ1v) is 5.90. The molecule has 18 heavy (non-hydrogen) atoms. The van der Waals surface area contributed by atoms with Crippen molar-refractivity contribution in [3.8, 4) is 6.07 Å². The SMILES string of the molecule is CCC(C)NC(=O)/C(C#N)=C\Nc1ccccc1. The summed E-state index contributed by atoms with van der Waals surface area (Å²) < 4.78 is 0. The van der Waals surface area contributed by atoms with Gasteiger partial charge in [0.25, 0.3) is 5.91 Å². The van der Waals surface area contributed by atoms with E-state index < -0.39 is 0 Å². The van der Waals surface area contributed by atoms with Crippen LogP contribution >= 0.6 is 0 Å². The number of hydrogen-bond donors (Lipinski definition) is 2. The summed E-state index contributed by atoms with van der Waals surface area (Å²) in [6.45, 7) is 3.88. The second kappa shape index (κ2) is 7.13. The number of benzene rings is 1. The van der Waals surface area contributed by atoms with Gasteiger partial charge in [0.05, 0.1) is 0 Å². The van der Waals surface area contributed by atoms with E-state index in [2.05, 4.69) is 10.6 Å². The molecule has 4 nitrogen and oxygen atoms in total. The van der Waals surface area contributed by atoms with Gasteiger partial charge in [-0.05, 0) is 25.5 Å². The smallest absolute Gasteiger partial charge is 0.263 e. The Morgan fingerprint density at radius 2 is 2.11 bits per heavy atom. The van der Waals surface area contributed by atoms with E-state index in [4.69, 9.17) is 5.26 Å². The standard InChI is InChI=1S/C14H17N3O/c1-3-11(2)17-14(18)12(9-15)10-16-13-7-5-4-6-8-13/h4-8,10-11,16H,3H2,1-2H3,(H,17,18)/b12-10-. The number of hydrogen-bond acceptors (Lipinski definition) is 3. The molecule has 0 heterocycles. The Labute approximate surface area is 107 Å². The molecule has 0 aromatic heterocycles. The fraction of sp³-hybridized carbons (Fsp3) is 0.286. The van der Waals surface area contributed by atoms with E-state index in [9.17, 15) is 4.79 Å². The van der Waals surface area contributed by atoms with E-state index in [0.717, 1.165) is 12.1 Å². The average Bonchev–Trinajstić information content (AvgIpc) is 2.40. The summed E-state index contributed by atoms with van der Waals surface area (Å²) in [5, 5.41) is 14.6. The third-order valence-corrected chi connectivity index (χ3v) is 2.51. The molecule has 0 aliphatic heterocycles. The maximum atomic E-state index is 11.7. The molecule has 0 aliphatic rings. The lowest BCUT2D eigenvalue weighted by Gasteiger charge is -2.10. The minimum atomic E-state index is -0.352. The van der Waals surface area contributed by atoms with Gasteiger partial charge in [0, 0.05) is 17.9 Å². The Morgan fingerprint density at radius 3 is 2.67 bits per heavy atom. The van der Waals surface area contributed by atoms with Gasteiger partial charge in [-0.3, -0.25) is 4.79 Å². The molecule has 94 valence electrons. The maximum absolute atomic E-state index is 11.7. The van der Waals surface area contributed by atoms with Crippen LogP contribution in [-0.4, -0.2) is 11.9 Å². The Balaban J connectivity index is 2.66. The fourth-order valence-electron chi connectivity index (χ4n) is 1.24. The summed E-state index contributed by atoms with van der Waals surface area (Å²) in [4.78, 5) is 11.7. The minimum absolute atomic E-state index is 0.0611. The van der Waals surface area contributed by atoms with E-state index in [1.54, 1.807) is 0 Å². The van der Waals surface area contributed by atoms with Gasteiger partial charge in [-0.2, -0.15) is 5.26 Å². The number of nitrogens with zero attached hydrogens (tertiary/aromatic N) is 1. The largest absolute Gasteiger partial charge is 0.360 e. The van der Waals surface area contributed by atoms with Gasteiger partial charge in [-0.25, -0.2) is 0 Å². The zero-order chi connectivity index (χ0) is 13.4. The number of rotatable bonds is 5. The summed E-state index contributed by atoms with van der Waals surface area (Å²) in [6.07, 6.45) is 2.25. The molecule has 2 N–H and O–H groups in total. The van der Waals surface area contributed by atoms with Crippen LogP contribution in [0.25, 0.3) is 0 Å². The second-order valence-corrected chi connectivity index (χ2v) is 3.96. The Morgan fingerprint density at radius 1 is 1.44 bits per heavy atom. The molecule has 1 unspecified atom stereocenters. The van der Waals surface area contributed by atoms with Gasteiger partial charge in [0.2, 0.25) is 0 Å². The molecule has 1 aromatic carbocycles. The molecule has 0 fully saturated rings. The molecule has 1 rings (SSSR count). The lowest BCUT2D eigenvalue weighted by atomic mass is 10.2. The third kappa shape index (κ3) is 4.30. The van der Waals surface area contributed by atoms with Gasteiger partial charge < -0.3 is 10.6 Å². The molecule has 0 spiro atoms. The number of nitrogens with one attached hydrogen (secondary N) is 2. The van der Waals surface area contributed by atoms with Crippen LogP contribution in [0.4, 0.5) is 5.69 Å². The first-order chi connectivity index (χ1) is 8.67. The van der Waals surface area contributed by atoms with Crippen molar-refractivity contribution in [2.75, 3.05) is 5.32 Å². The lowest BCUT2D eigenvalue weighted by Crippen LogP contribution is -2.33. The summed E-state index contributed by atoms with van der Waals surface area (Å²) in [7, 11) is 0. The summed E-state index contributed by atoms with van der Waals surface area (Å²) in [6, 6.07) is 11.3. The highest BCUT2D eigenvalue weighted by molar-refractivity contribution is 5.97. The minimum Gasteiger partial charge on any atom is -0.360 e. The lowest BCUT2D eigenvalue weighted by molar-refractivity contribution is -0.117. The first-order valence-electron chi connectivity index (χ1n) is 5.90. The number of nitriles is 1. The summed E-state index contributed by atoms with van der Waals surface area (Å²) in [5.74, 6) is -0.352. The van der Waals surface area contributed by atoms with Crippen LogP contribution in [0.3, 0.4) is 0 Å². The molecule has 4 heteroatoms. The van der Waals surface area contributed by atoms with E-state index in [-0.39, 0.29) is 17.5 Å². The van der Waals surface area contributed by atoms with E-state index in [1.807, 2.05) is 50.2 Å². The molecule has 0 radical (unpaired) electrons. The predicted molar refractivity (Wildman–Crippen MR) is 71.7 cm³/mol. The van der Waals surface area contributed by atoms with Crippen molar-refractivity contribution < 1.29 is 4.79 Å². The molecule has 0 bridgehead atoms. The van der Waals surface area contributed by atoms with Crippen LogP contribution in [0.5, 0.6) is 0 Å². The second-order valence-electron chi connectivity index (χ2n) is 3.96. The molecule has 0 aliphatic carbocycles. The van der Waals surface area contributed by atoms with E-state index >= 15 is 0 Å². The number of para-hydroxylation sites is 1. The highest BCUT2D eigenvalue weighted by Crippen LogP contribution is 2.06.